The zero-order chi connectivity index (χ0) is 22.0. The van der Waals surface area contributed by atoms with Gasteiger partial charge < -0.3 is 4.74 Å². The van der Waals surface area contributed by atoms with Crippen molar-refractivity contribution in [1.29, 1.82) is 0 Å². The highest BCUT2D eigenvalue weighted by molar-refractivity contribution is 6.61. The summed E-state index contributed by atoms with van der Waals surface area (Å²) < 4.78 is 6.22. The molecule has 1 spiro atoms. The quantitative estimate of drug-likeness (QED) is 0.365. The van der Waals surface area contributed by atoms with Gasteiger partial charge in [0.2, 0.25) is 5.78 Å². The number of benzene rings is 2. The van der Waals surface area contributed by atoms with Crippen molar-refractivity contribution in [2.45, 2.75) is 17.6 Å². The fourth-order valence-corrected chi connectivity index (χ4v) is 5.51. The molecule has 1 saturated heterocycles. The van der Waals surface area contributed by atoms with Crippen LogP contribution in [-0.4, -0.2) is 11.4 Å². The van der Waals surface area contributed by atoms with Crippen LogP contribution in [0.3, 0.4) is 0 Å². The van der Waals surface area contributed by atoms with Gasteiger partial charge in [-0.25, -0.2) is 0 Å². The highest BCUT2D eigenvalue weighted by atomic mass is 35.5. The van der Waals surface area contributed by atoms with Gasteiger partial charge in [-0.05, 0) is 35.4 Å². The number of ketones is 1. The normalized spacial score (nSPS) is 23.3. The second-order valence-electron chi connectivity index (χ2n) is 6.68. The number of carbonyl (C=O) groups is 1. The largest absolute Gasteiger partial charge is 0.354 e. The first-order valence-corrected chi connectivity index (χ1v) is 11.4. The Morgan fingerprint density at radius 3 is 1.63 bits per heavy atom. The molecule has 30 heavy (non-hydrogen) atoms. The van der Waals surface area contributed by atoms with E-state index in [2.05, 4.69) is 0 Å². The zero-order valence-electron chi connectivity index (χ0n) is 14.5. The second kappa shape index (κ2) is 8.33. The lowest BCUT2D eigenvalue weighted by Gasteiger charge is -2.56. The van der Waals surface area contributed by atoms with Crippen LogP contribution in [0.5, 0.6) is 0 Å². The lowest BCUT2D eigenvalue weighted by Crippen LogP contribution is -2.56. The number of rotatable bonds is 2. The van der Waals surface area contributed by atoms with E-state index in [4.69, 9.17) is 97.5 Å². The van der Waals surface area contributed by atoms with Gasteiger partial charge in [-0.15, -0.1) is 0 Å². The van der Waals surface area contributed by atoms with E-state index in [9.17, 15) is 4.79 Å². The van der Waals surface area contributed by atoms with E-state index in [1.165, 1.54) is 0 Å². The van der Waals surface area contributed by atoms with Crippen molar-refractivity contribution in [2.24, 2.45) is 0 Å². The zero-order valence-corrected chi connectivity index (χ0v) is 20.5. The van der Waals surface area contributed by atoms with E-state index in [0.717, 1.165) is 0 Å². The molecule has 1 aliphatic heterocycles. The number of hydrogen-bond acceptors (Lipinski definition) is 2. The van der Waals surface area contributed by atoms with Crippen LogP contribution in [0.15, 0.2) is 56.5 Å². The number of Topliss-reactive ketones (excluding diaryl/α,β-unsaturated/α-hetero) is 1. The molecule has 0 saturated carbocycles. The Labute approximate surface area is 212 Å². The SMILES string of the molecule is O=C1C(Cl)=C(Cl)C2(OC(c3ccc(Cl)c(Cl)c3)C2c2ccc(Cl)c(Cl)c2)C(Cl)=C1Cl. The predicted molar refractivity (Wildman–Crippen MR) is 125 cm³/mol. The van der Waals surface area contributed by atoms with Crippen LogP contribution in [0, 0.1) is 0 Å². The molecule has 2 atom stereocenters. The van der Waals surface area contributed by atoms with Crippen molar-refractivity contribution < 1.29 is 9.53 Å². The maximum Gasteiger partial charge on any atom is 0.218 e. The van der Waals surface area contributed by atoms with Gasteiger partial charge in [0, 0.05) is 0 Å². The van der Waals surface area contributed by atoms with Gasteiger partial charge in [-0.3, -0.25) is 4.79 Å². The molecule has 0 bridgehead atoms. The molecule has 2 aliphatic rings. The van der Waals surface area contributed by atoms with E-state index < -0.39 is 23.4 Å². The summed E-state index contributed by atoms with van der Waals surface area (Å²) >= 11 is 50.0. The van der Waals surface area contributed by atoms with E-state index >= 15 is 0 Å². The molecule has 2 nitrogen and oxygen atoms in total. The van der Waals surface area contributed by atoms with Gasteiger partial charge in [0.15, 0.2) is 5.60 Å². The Balaban J connectivity index is 1.93. The lowest BCUT2D eigenvalue weighted by atomic mass is 9.68. The third-order valence-corrected chi connectivity index (χ3v) is 8.40. The van der Waals surface area contributed by atoms with Crippen molar-refractivity contribution in [2.75, 3.05) is 0 Å². The molecular weight excluding hydrogens is 556 g/mol. The van der Waals surface area contributed by atoms with Gasteiger partial charge in [0.25, 0.3) is 0 Å². The topological polar surface area (TPSA) is 26.3 Å². The molecular formula is C20H8Cl8O2. The Hall–Kier alpha value is -0.130. The van der Waals surface area contributed by atoms with E-state index in [1.54, 1.807) is 36.4 Å². The number of carbonyl (C=O) groups excluding carboxylic acids is 1. The van der Waals surface area contributed by atoms with Crippen molar-refractivity contribution >= 4 is 98.6 Å². The minimum Gasteiger partial charge on any atom is -0.354 e. The molecule has 10 heteroatoms. The molecule has 1 aliphatic carbocycles. The molecule has 2 unspecified atom stereocenters. The molecule has 0 amide bonds. The minimum absolute atomic E-state index is 0.0593. The Bertz CT molecular complexity index is 1130. The van der Waals surface area contributed by atoms with Crippen LogP contribution in [0.2, 0.25) is 20.1 Å². The summed E-state index contributed by atoms with van der Waals surface area (Å²) in [6, 6.07) is 10.2. The van der Waals surface area contributed by atoms with Gasteiger partial charge in [0.1, 0.15) is 10.1 Å². The first kappa shape index (κ1) is 23.0. The van der Waals surface area contributed by atoms with Crippen LogP contribution in [-0.2, 0) is 9.53 Å². The molecule has 0 aromatic heterocycles. The van der Waals surface area contributed by atoms with Gasteiger partial charge in [0.05, 0.1) is 42.2 Å². The average Bonchev–Trinajstić information content (AvgIpc) is 2.69. The third-order valence-electron chi connectivity index (χ3n) is 5.06. The highest BCUT2D eigenvalue weighted by Crippen LogP contribution is 2.65. The summed E-state index contributed by atoms with van der Waals surface area (Å²) in [5.41, 5.74) is -0.0467. The van der Waals surface area contributed by atoms with Gasteiger partial charge >= 0.3 is 0 Å². The fourth-order valence-electron chi connectivity index (χ4n) is 3.64. The van der Waals surface area contributed by atoms with Crippen molar-refractivity contribution in [1.82, 2.24) is 0 Å². The number of halogens is 8. The van der Waals surface area contributed by atoms with Crippen LogP contribution in [0.25, 0.3) is 0 Å². The number of ether oxygens (including phenoxy) is 1. The summed E-state index contributed by atoms with van der Waals surface area (Å²) in [4.78, 5) is 12.3. The molecule has 2 aromatic carbocycles. The average molecular weight is 564 g/mol. The summed E-state index contributed by atoms with van der Waals surface area (Å²) in [5.74, 6) is -1.21. The molecule has 2 aromatic rings. The molecule has 4 rings (SSSR count). The maximum atomic E-state index is 12.3. The third kappa shape index (κ3) is 3.41. The molecule has 156 valence electrons. The molecule has 0 radical (unpaired) electrons. The lowest BCUT2D eigenvalue weighted by molar-refractivity contribution is -0.183. The molecule has 0 N–H and O–H groups in total. The monoisotopic (exact) mass is 560 g/mol. The van der Waals surface area contributed by atoms with Crippen molar-refractivity contribution in [3.63, 3.8) is 0 Å². The predicted octanol–water partition coefficient (Wildman–Crippen LogP) is 8.86. The first-order valence-electron chi connectivity index (χ1n) is 8.33. The van der Waals surface area contributed by atoms with Crippen molar-refractivity contribution in [3.05, 3.63) is 87.7 Å². The van der Waals surface area contributed by atoms with E-state index in [1.807, 2.05) is 0 Å². The van der Waals surface area contributed by atoms with Crippen LogP contribution in [0.4, 0.5) is 0 Å². The number of hydrogen-bond donors (Lipinski definition) is 0. The maximum absolute atomic E-state index is 12.3. The minimum atomic E-state index is -1.46. The highest BCUT2D eigenvalue weighted by Gasteiger charge is 2.64. The Kier molecular flexibility index (Phi) is 6.40. The summed E-state index contributed by atoms with van der Waals surface area (Å²) in [6.45, 7) is 0. The van der Waals surface area contributed by atoms with Crippen LogP contribution < -0.4 is 0 Å². The molecule has 1 fully saturated rings. The van der Waals surface area contributed by atoms with E-state index in [0.29, 0.717) is 31.2 Å². The van der Waals surface area contributed by atoms with Gasteiger partial charge in [-0.1, -0.05) is 105 Å². The van der Waals surface area contributed by atoms with Crippen molar-refractivity contribution in [3.8, 4) is 0 Å². The summed E-state index contributed by atoms with van der Waals surface area (Å²) in [7, 11) is 0. The van der Waals surface area contributed by atoms with Crippen LogP contribution >= 0.6 is 92.8 Å². The second-order valence-corrected chi connectivity index (χ2v) is 9.82. The summed E-state index contributed by atoms with van der Waals surface area (Å²) in [5, 5.41) is 0.808. The summed E-state index contributed by atoms with van der Waals surface area (Å²) in [6.07, 6.45) is -0.568. The Morgan fingerprint density at radius 2 is 1.13 bits per heavy atom. The smallest absolute Gasteiger partial charge is 0.218 e. The van der Waals surface area contributed by atoms with Crippen LogP contribution in [0.1, 0.15) is 23.1 Å². The first-order chi connectivity index (χ1) is 14.1. The number of allylic oxidation sites excluding steroid dienone is 2. The van der Waals surface area contributed by atoms with Gasteiger partial charge in [-0.2, -0.15) is 0 Å². The Morgan fingerprint density at radius 1 is 0.667 bits per heavy atom. The standard InChI is InChI=1S/C20H8Cl8O2/c21-9-3-1-7(5-11(9)23)13-17(8-2-4-10(22)12(24)6-8)30-20(13)18(27)14(25)16(29)15(26)19(20)28/h1-6,13,17H. The molecule has 1 heterocycles. The van der Waals surface area contributed by atoms with E-state index in [-0.39, 0.29) is 20.1 Å². The fraction of sp³-hybridized carbons (Fsp3) is 0.150.